The molecule has 1 heterocycles. The first-order valence-electron chi connectivity index (χ1n) is 11.2. The molecule has 192 valence electrons. The number of nitrogens with one attached hydrogen (secondary N) is 1. The minimum absolute atomic E-state index is 0.0214. The van der Waals surface area contributed by atoms with E-state index in [1.165, 1.54) is 30.3 Å². The molecule has 1 amide bonds. The number of fused-ring (bicyclic) bond motifs is 1. The molecule has 0 fully saturated rings. The third kappa shape index (κ3) is 5.89. The van der Waals surface area contributed by atoms with E-state index in [0.29, 0.717) is 5.69 Å². The highest BCUT2D eigenvalue weighted by Crippen LogP contribution is 2.39. The molecule has 1 N–H and O–H groups in total. The molecule has 0 atom stereocenters. The van der Waals surface area contributed by atoms with E-state index in [0.717, 1.165) is 11.6 Å². The van der Waals surface area contributed by atoms with Gasteiger partial charge in [0.15, 0.2) is 6.61 Å². The minimum Gasteiger partial charge on any atom is -0.484 e. The van der Waals surface area contributed by atoms with Crippen molar-refractivity contribution in [3.8, 4) is 17.2 Å². The fourth-order valence-corrected chi connectivity index (χ4v) is 3.79. The number of amides is 1. The summed E-state index contributed by atoms with van der Waals surface area (Å²) in [5, 5.41) is 2.61. The molecule has 0 radical (unpaired) electrons. The lowest BCUT2D eigenvalue weighted by atomic mass is 10.0. The Bertz CT molecular complexity index is 1510. The number of carbonyl (C=O) groups excluding carboxylic acids is 1. The van der Waals surface area contributed by atoms with Gasteiger partial charge in [-0.25, -0.2) is 0 Å². The van der Waals surface area contributed by atoms with E-state index in [1.807, 2.05) is 26.0 Å². The highest BCUT2D eigenvalue weighted by Gasteiger charge is 2.40. The predicted octanol–water partition coefficient (Wildman–Crippen LogP) is 7.40. The van der Waals surface area contributed by atoms with Gasteiger partial charge in [0.1, 0.15) is 17.1 Å². The van der Waals surface area contributed by atoms with Crippen LogP contribution < -0.4 is 20.2 Å². The molecule has 0 aliphatic heterocycles. The molecule has 10 heteroatoms. The summed E-state index contributed by atoms with van der Waals surface area (Å²) < 4.78 is 57.1. The van der Waals surface area contributed by atoms with Gasteiger partial charge in [0.2, 0.25) is 11.2 Å². The molecule has 0 saturated carbocycles. The van der Waals surface area contributed by atoms with Crippen molar-refractivity contribution < 1.29 is 31.9 Å². The number of anilines is 1. The highest BCUT2D eigenvalue weighted by molar-refractivity contribution is 6.32. The Labute approximate surface area is 214 Å². The van der Waals surface area contributed by atoms with Gasteiger partial charge in [-0.05, 0) is 41.8 Å². The molecule has 3 aromatic carbocycles. The van der Waals surface area contributed by atoms with Gasteiger partial charge >= 0.3 is 6.18 Å². The van der Waals surface area contributed by atoms with E-state index in [4.69, 9.17) is 25.5 Å². The van der Waals surface area contributed by atoms with Crippen LogP contribution in [0.3, 0.4) is 0 Å². The molecule has 0 spiro atoms. The molecular formula is C27H21ClF3NO5. The lowest BCUT2D eigenvalue weighted by Crippen LogP contribution is -2.21. The average Bonchev–Trinajstić information content (AvgIpc) is 2.85. The standard InChI is InChI=1S/C27H21ClF3NO5/c1-15(2)17-7-3-5-9-20(17)32-23(33)14-35-16-11-12-18-22(13-16)37-26(27(29,30)31)25(24(18)34)36-21-10-6-4-8-19(21)28/h3-13,15H,14H2,1-2H3,(H,32,33). The number of hydrogen-bond acceptors (Lipinski definition) is 5. The number of ether oxygens (including phenoxy) is 2. The summed E-state index contributed by atoms with van der Waals surface area (Å²) in [4.78, 5) is 25.4. The van der Waals surface area contributed by atoms with Crippen LogP contribution >= 0.6 is 11.6 Å². The molecule has 0 unspecified atom stereocenters. The van der Waals surface area contributed by atoms with E-state index in [2.05, 4.69) is 5.32 Å². The summed E-state index contributed by atoms with van der Waals surface area (Å²) >= 11 is 5.98. The molecule has 37 heavy (non-hydrogen) atoms. The summed E-state index contributed by atoms with van der Waals surface area (Å²) in [6, 6.07) is 16.8. The largest absolute Gasteiger partial charge is 0.484 e. The summed E-state index contributed by atoms with van der Waals surface area (Å²) in [6.07, 6.45) is -5.04. The molecule has 6 nitrogen and oxygen atoms in total. The summed E-state index contributed by atoms with van der Waals surface area (Å²) in [7, 11) is 0. The van der Waals surface area contributed by atoms with E-state index in [-0.39, 0.29) is 33.4 Å². The maximum absolute atomic E-state index is 13.8. The van der Waals surface area contributed by atoms with Crippen molar-refractivity contribution in [2.75, 3.05) is 11.9 Å². The second kappa shape index (κ2) is 10.6. The van der Waals surface area contributed by atoms with Crippen molar-refractivity contribution in [3.05, 3.63) is 93.3 Å². The zero-order chi connectivity index (χ0) is 26.7. The monoisotopic (exact) mass is 531 g/mol. The van der Waals surface area contributed by atoms with Crippen LogP contribution in [-0.2, 0) is 11.0 Å². The first-order chi connectivity index (χ1) is 17.5. The van der Waals surface area contributed by atoms with Crippen LogP contribution in [0.1, 0.15) is 31.1 Å². The molecule has 0 saturated heterocycles. The Morgan fingerprint density at radius 2 is 1.76 bits per heavy atom. The SMILES string of the molecule is CC(C)c1ccccc1NC(=O)COc1ccc2c(=O)c(Oc3ccccc3Cl)c(C(F)(F)F)oc2c1. The van der Waals surface area contributed by atoms with Crippen molar-refractivity contribution >= 4 is 34.2 Å². The number of alkyl halides is 3. The molecule has 1 aromatic heterocycles. The number of para-hydroxylation sites is 2. The molecule has 0 bridgehead atoms. The number of hydrogen-bond donors (Lipinski definition) is 1. The minimum atomic E-state index is -5.04. The summed E-state index contributed by atoms with van der Waals surface area (Å²) in [5.41, 5.74) is 0.157. The van der Waals surface area contributed by atoms with E-state index in [9.17, 15) is 22.8 Å². The van der Waals surface area contributed by atoms with Crippen molar-refractivity contribution in [3.63, 3.8) is 0 Å². The first kappa shape index (κ1) is 26.1. The van der Waals surface area contributed by atoms with Crippen LogP contribution in [0.25, 0.3) is 11.0 Å². The smallest absolute Gasteiger partial charge is 0.453 e. The van der Waals surface area contributed by atoms with Crippen molar-refractivity contribution in [1.82, 2.24) is 0 Å². The van der Waals surface area contributed by atoms with Crippen molar-refractivity contribution in [2.45, 2.75) is 25.9 Å². The van der Waals surface area contributed by atoms with Crippen molar-refractivity contribution in [1.29, 1.82) is 0 Å². The number of halogens is 4. The number of rotatable bonds is 7. The van der Waals surface area contributed by atoms with Gasteiger partial charge in [-0.2, -0.15) is 13.2 Å². The molecule has 4 aromatic rings. The summed E-state index contributed by atoms with van der Waals surface area (Å²) in [6.45, 7) is 3.57. The van der Waals surface area contributed by atoms with Gasteiger partial charge in [0.05, 0.1) is 10.4 Å². The Morgan fingerprint density at radius 3 is 2.46 bits per heavy atom. The third-order valence-corrected chi connectivity index (χ3v) is 5.67. The van der Waals surface area contributed by atoms with Crippen LogP contribution in [0, 0.1) is 0 Å². The predicted molar refractivity (Wildman–Crippen MR) is 134 cm³/mol. The highest BCUT2D eigenvalue weighted by atomic mass is 35.5. The fourth-order valence-electron chi connectivity index (χ4n) is 3.61. The lowest BCUT2D eigenvalue weighted by Gasteiger charge is -2.15. The van der Waals surface area contributed by atoms with Gasteiger partial charge in [-0.3, -0.25) is 9.59 Å². The zero-order valence-corrected chi connectivity index (χ0v) is 20.4. The Hall–Kier alpha value is -3.98. The van der Waals surface area contributed by atoms with Gasteiger partial charge in [0, 0.05) is 11.8 Å². The summed E-state index contributed by atoms with van der Waals surface area (Å²) in [5.74, 6) is -3.04. The number of benzene rings is 3. The zero-order valence-electron chi connectivity index (χ0n) is 19.7. The first-order valence-corrected chi connectivity index (χ1v) is 11.5. The second-order valence-corrected chi connectivity index (χ2v) is 8.76. The van der Waals surface area contributed by atoms with Gasteiger partial charge in [-0.15, -0.1) is 0 Å². The van der Waals surface area contributed by atoms with Crippen LogP contribution in [-0.4, -0.2) is 12.5 Å². The Morgan fingerprint density at radius 1 is 1.05 bits per heavy atom. The van der Waals surface area contributed by atoms with Crippen molar-refractivity contribution in [2.24, 2.45) is 0 Å². The maximum atomic E-state index is 13.8. The Balaban J connectivity index is 1.60. The molecule has 4 rings (SSSR count). The maximum Gasteiger partial charge on any atom is 0.453 e. The lowest BCUT2D eigenvalue weighted by molar-refractivity contribution is -0.154. The van der Waals surface area contributed by atoms with E-state index < -0.39 is 35.6 Å². The van der Waals surface area contributed by atoms with Crippen LogP contribution in [0.15, 0.2) is 75.9 Å². The van der Waals surface area contributed by atoms with E-state index in [1.54, 1.807) is 18.2 Å². The quantitative estimate of drug-likeness (QED) is 0.269. The Kier molecular flexibility index (Phi) is 7.45. The van der Waals surface area contributed by atoms with Gasteiger partial charge < -0.3 is 19.2 Å². The molecular weight excluding hydrogens is 511 g/mol. The third-order valence-electron chi connectivity index (χ3n) is 5.36. The fraction of sp³-hybridized carbons (Fsp3) is 0.185. The van der Waals surface area contributed by atoms with Gasteiger partial charge in [0.25, 0.3) is 11.7 Å². The second-order valence-electron chi connectivity index (χ2n) is 8.36. The van der Waals surface area contributed by atoms with Crippen LogP contribution in [0.4, 0.5) is 18.9 Å². The van der Waals surface area contributed by atoms with E-state index >= 15 is 0 Å². The molecule has 0 aliphatic rings. The molecule has 0 aliphatic carbocycles. The van der Waals surface area contributed by atoms with Gasteiger partial charge in [-0.1, -0.05) is 55.8 Å². The average molecular weight is 532 g/mol. The topological polar surface area (TPSA) is 77.8 Å². The van der Waals surface area contributed by atoms with Crippen LogP contribution in [0.5, 0.6) is 17.2 Å². The van der Waals surface area contributed by atoms with Crippen LogP contribution in [0.2, 0.25) is 5.02 Å². The normalized spacial score (nSPS) is 11.5. The number of carbonyl (C=O) groups is 1.